The number of ketones is 1. The zero-order chi connectivity index (χ0) is 22.1. The predicted octanol–water partition coefficient (Wildman–Crippen LogP) is 4.21. The van der Waals surface area contributed by atoms with E-state index in [1.807, 2.05) is 13.8 Å². The zero-order valence-corrected chi connectivity index (χ0v) is 17.2. The maximum Gasteiger partial charge on any atom is 0.248 e. The summed E-state index contributed by atoms with van der Waals surface area (Å²) in [5.41, 5.74) is 3.71. The minimum atomic E-state index is -0.408. The number of aromatic nitrogens is 2. The highest BCUT2D eigenvalue weighted by atomic mass is 19.1. The first-order chi connectivity index (χ1) is 14.8. The fourth-order valence-corrected chi connectivity index (χ4v) is 3.40. The molecule has 4 rings (SSSR count). The molecule has 158 valence electrons. The third-order valence-corrected chi connectivity index (χ3v) is 4.97. The van der Waals surface area contributed by atoms with Crippen molar-refractivity contribution in [3.8, 4) is 17.2 Å². The number of carbonyl (C=O) groups is 2. The molecule has 3 aromatic rings. The van der Waals surface area contributed by atoms with E-state index in [0.29, 0.717) is 22.7 Å². The molecule has 8 heteroatoms. The molecule has 2 heterocycles. The third kappa shape index (κ3) is 4.05. The number of aryl methyl sites for hydroxylation is 1. The Morgan fingerprint density at radius 2 is 1.81 bits per heavy atom. The van der Waals surface area contributed by atoms with Crippen LogP contribution in [-0.2, 0) is 4.79 Å². The molecule has 7 nitrogen and oxygen atoms in total. The van der Waals surface area contributed by atoms with Crippen molar-refractivity contribution >= 4 is 23.5 Å². The Hall–Kier alpha value is -3.94. The van der Waals surface area contributed by atoms with Gasteiger partial charge in [0.25, 0.3) is 0 Å². The quantitative estimate of drug-likeness (QED) is 0.493. The first kappa shape index (κ1) is 20.3. The largest absolute Gasteiger partial charge is 0.454 e. The van der Waals surface area contributed by atoms with Crippen molar-refractivity contribution in [3.63, 3.8) is 0 Å². The van der Waals surface area contributed by atoms with Crippen LogP contribution in [0.2, 0.25) is 0 Å². The maximum atomic E-state index is 13.2. The normalized spacial score (nSPS) is 12.4. The molecule has 0 fully saturated rings. The third-order valence-electron chi connectivity index (χ3n) is 4.97. The van der Waals surface area contributed by atoms with Crippen LogP contribution >= 0.6 is 0 Å². The highest BCUT2D eigenvalue weighted by molar-refractivity contribution is 6.08. The maximum absolute atomic E-state index is 13.2. The van der Waals surface area contributed by atoms with E-state index in [1.54, 1.807) is 35.0 Å². The van der Waals surface area contributed by atoms with Crippen molar-refractivity contribution in [3.05, 3.63) is 70.8 Å². The number of nitrogens with one attached hydrogen (secondary N) is 1. The molecule has 1 amide bonds. The molecule has 1 aromatic heterocycles. The van der Waals surface area contributed by atoms with E-state index in [4.69, 9.17) is 9.47 Å². The molecule has 0 saturated carbocycles. The van der Waals surface area contributed by atoms with E-state index in [1.165, 1.54) is 25.1 Å². The van der Waals surface area contributed by atoms with Crippen LogP contribution in [0.4, 0.5) is 10.1 Å². The van der Waals surface area contributed by atoms with E-state index in [0.717, 1.165) is 22.6 Å². The van der Waals surface area contributed by atoms with Crippen LogP contribution < -0.4 is 14.8 Å². The van der Waals surface area contributed by atoms with Gasteiger partial charge in [-0.3, -0.25) is 9.59 Å². The van der Waals surface area contributed by atoms with Gasteiger partial charge in [-0.2, -0.15) is 5.10 Å². The number of hydrogen-bond donors (Lipinski definition) is 1. The number of nitrogens with zero attached hydrogens (tertiary/aromatic N) is 2. The smallest absolute Gasteiger partial charge is 0.248 e. The van der Waals surface area contributed by atoms with Gasteiger partial charge in [0.15, 0.2) is 17.3 Å². The summed E-state index contributed by atoms with van der Waals surface area (Å²) >= 11 is 0. The van der Waals surface area contributed by atoms with Crippen LogP contribution in [0.3, 0.4) is 0 Å². The second-order valence-electron chi connectivity index (χ2n) is 7.10. The summed E-state index contributed by atoms with van der Waals surface area (Å²) in [5, 5.41) is 7.21. The standard InChI is InChI=1S/C23H20FN3O4/c1-13-18(14(2)27(26-13)17-6-4-16(24)5-7-17)8-9-23(29)25-20-11-22-21(30-12-31-22)10-19(20)15(3)28/h4-11H,12H2,1-3H3,(H,25,29)/b9-8+. The lowest BCUT2D eigenvalue weighted by molar-refractivity contribution is -0.111. The summed E-state index contributed by atoms with van der Waals surface area (Å²) in [7, 11) is 0. The second kappa shape index (κ2) is 8.06. The van der Waals surface area contributed by atoms with Crippen molar-refractivity contribution in [2.24, 2.45) is 0 Å². The lowest BCUT2D eigenvalue weighted by Gasteiger charge is -2.09. The highest BCUT2D eigenvalue weighted by Gasteiger charge is 2.20. The second-order valence-corrected chi connectivity index (χ2v) is 7.10. The van der Waals surface area contributed by atoms with Gasteiger partial charge in [-0.1, -0.05) is 0 Å². The Morgan fingerprint density at radius 1 is 1.13 bits per heavy atom. The molecule has 2 aromatic carbocycles. The Labute approximate surface area is 178 Å². The van der Waals surface area contributed by atoms with Crippen LogP contribution in [0.5, 0.6) is 11.5 Å². The minimum Gasteiger partial charge on any atom is -0.454 e. The Bertz CT molecular complexity index is 1210. The summed E-state index contributed by atoms with van der Waals surface area (Å²) in [6.07, 6.45) is 3.04. The van der Waals surface area contributed by atoms with E-state index < -0.39 is 5.91 Å². The minimum absolute atomic E-state index is 0.0700. The number of Topliss-reactive ketones (excluding diaryl/α,β-unsaturated/α-hetero) is 1. The average molecular weight is 421 g/mol. The monoisotopic (exact) mass is 421 g/mol. The topological polar surface area (TPSA) is 82.5 Å². The molecule has 0 radical (unpaired) electrons. The number of halogens is 1. The molecular weight excluding hydrogens is 401 g/mol. The van der Waals surface area contributed by atoms with Gasteiger partial charge in [0.05, 0.1) is 17.1 Å². The van der Waals surface area contributed by atoms with Crippen LogP contribution in [-0.4, -0.2) is 28.3 Å². The van der Waals surface area contributed by atoms with Gasteiger partial charge in [-0.05, 0) is 57.2 Å². The van der Waals surface area contributed by atoms with E-state index in [9.17, 15) is 14.0 Å². The first-order valence-electron chi connectivity index (χ1n) is 9.59. The molecule has 0 saturated heterocycles. The number of ether oxygens (including phenoxy) is 2. The lowest BCUT2D eigenvalue weighted by Crippen LogP contribution is -2.11. The molecular formula is C23H20FN3O4. The van der Waals surface area contributed by atoms with Gasteiger partial charge < -0.3 is 14.8 Å². The van der Waals surface area contributed by atoms with Gasteiger partial charge in [0.1, 0.15) is 5.82 Å². The van der Waals surface area contributed by atoms with Crippen LogP contribution in [0, 0.1) is 19.7 Å². The van der Waals surface area contributed by atoms with Crippen LogP contribution in [0.1, 0.15) is 34.2 Å². The molecule has 1 aliphatic rings. The fraction of sp³-hybridized carbons (Fsp3) is 0.174. The highest BCUT2D eigenvalue weighted by Crippen LogP contribution is 2.37. The summed E-state index contributed by atoms with van der Waals surface area (Å²) in [6.45, 7) is 5.18. The molecule has 0 bridgehead atoms. The van der Waals surface area contributed by atoms with Gasteiger partial charge >= 0.3 is 0 Å². The number of benzene rings is 2. The zero-order valence-electron chi connectivity index (χ0n) is 17.2. The SMILES string of the molecule is CC(=O)c1cc2c(cc1NC(=O)/C=C/c1c(C)nn(-c3ccc(F)cc3)c1C)OCO2. The first-order valence-corrected chi connectivity index (χ1v) is 9.59. The van der Waals surface area contributed by atoms with Gasteiger partial charge in [-0.15, -0.1) is 0 Å². The summed E-state index contributed by atoms with van der Waals surface area (Å²) in [5.74, 6) is 0.00444. The van der Waals surface area contributed by atoms with Crippen molar-refractivity contribution in [2.75, 3.05) is 12.1 Å². The van der Waals surface area contributed by atoms with Gasteiger partial charge in [0, 0.05) is 29.0 Å². The molecule has 0 aliphatic carbocycles. The summed E-state index contributed by atoms with van der Waals surface area (Å²) in [4.78, 5) is 24.5. The molecule has 31 heavy (non-hydrogen) atoms. The van der Waals surface area contributed by atoms with E-state index in [-0.39, 0.29) is 18.4 Å². The fourth-order valence-electron chi connectivity index (χ4n) is 3.40. The molecule has 1 N–H and O–H groups in total. The Kier molecular flexibility index (Phi) is 5.29. The van der Waals surface area contributed by atoms with E-state index >= 15 is 0 Å². The van der Waals surface area contributed by atoms with Crippen molar-refractivity contribution in [1.29, 1.82) is 0 Å². The molecule has 1 aliphatic heterocycles. The summed E-state index contributed by atoms with van der Waals surface area (Å²) < 4.78 is 25.5. The van der Waals surface area contributed by atoms with E-state index in [2.05, 4.69) is 10.4 Å². The molecule has 0 spiro atoms. The van der Waals surface area contributed by atoms with Crippen molar-refractivity contribution in [2.45, 2.75) is 20.8 Å². The number of anilines is 1. The van der Waals surface area contributed by atoms with Crippen LogP contribution in [0.15, 0.2) is 42.5 Å². The number of fused-ring (bicyclic) bond motifs is 1. The van der Waals surface area contributed by atoms with Crippen molar-refractivity contribution in [1.82, 2.24) is 9.78 Å². The number of rotatable bonds is 5. The Balaban J connectivity index is 1.57. The lowest BCUT2D eigenvalue weighted by atomic mass is 10.1. The van der Waals surface area contributed by atoms with Crippen molar-refractivity contribution < 1.29 is 23.5 Å². The predicted molar refractivity (Wildman–Crippen MR) is 113 cm³/mol. The molecule has 0 atom stereocenters. The van der Waals surface area contributed by atoms with Gasteiger partial charge in [-0.25, -0.2) is 9.07 Å². The number of carbonyl (C=O) groups excluding carboxylic acids is 2. The average Bonchev–Trinajstić information content (AvgIpc) is 3.30. The van der Waals surface area contributed by atoms with Crippen LogP contribution in [0.25, 0.3) is 11.8 Å². The summed E-state index contributed by atoms with van der Waals surface area (Å²) in [6, 6.07) is 9.15. The number of hydrogen-bond acceptors (Lipinski definition) is 5. The van der Waals surface area contributed by atoms with Gasteiger partial charge in [0.2, 0.25) is 12.7 Å². The number of amides is 1. The molecule has 0 unspecified atom stereocenters. The Morgan fingerprint density at radius 3 is 2.48 bits per heavy atom.